The number of likely N-dealkylation sites (N-methyl/N-ethyl adjacent to an activating group) is 1. The highest BCUT2D eigenvalue weighted by molar-refractivity contribution is 5.94. The zero-order valence-corrected chi connectivity index (χ0v) is 20.5. The quantitative estimate of drug-likeness (QED) is 0.550. The van der Waals surface area contributed by atoms with Gasteiger partial charge in [0, 0.05) is 47.7 Å². The summed E-state index contributed by atoms with van der Waals surface area (Å²) >= 11 is 0. The van der Waals surface area contributed by atoms with Gasteiger partial charge in [0.1, 0.15) is 17.6 Å². The lowest BCUT2D eigenvalue weighted by molar-refractivity contribution is -0.134. The van der Waals surface area contributed by atoms with Crippen LogP contribution in [0.15, 0.2) is 49.1 Å². The number of hydrogen-bond donors (Lipinski definition) is 1. The summed E-state index contributed by atoms with van der Waals surface area (Å²) in [6, 6.07) is 11.9. The van der Waals surface area contributed by atoms with Crippen LogP contribution >= 0.6 is 0 Å². The van der Waals surface area contributed by atoms with Gasteiger partial charge in [0.15, 0.2) is 0 Å². The smallest absolute Gasteiger partial charge is 0.298 e. The predicted molar refractivity (Wildman–Crippen MR) is 135 cm³/mol. The normalized spacial score (nSPS) is 29.9. The van der Waals surface area contributed by atoms with E-state index in [0.29, 0.717) is 17.7 Å². The van der Waals surface area contributed by atoms with Crippen LogP contribution in [-0.4, -0.2) is 59.1 Å². The number of phenols is 1. The molecule has 5 nitrogen and oxygen atoms in total. The maximum atomic E-state index is 13.2. The average Bonchev–Trinajstić information content (AvgIpc) is 3.18. The van der Waals surface area contributed by atoms with Crippen LogP contribution < -0.4 is 4.74 Å². The maximum Gasteiger partial charge on any atom is 0.298 e. The van der Waals surface area contributed by atoms with Crippen molar-refractivity contribution < 1.29 is 14.6 Å². The number of carbonyl (C=O) groups excluding carboxylic acids is 1. The molecule has 1 N–H and O–H groups in total. The van der Waals surface area contributed by atoms with Gasteiger partial charge < -0.3 is 14.7 Å². The number of amides is 1. The lowest BCUT2D eigenvalue weighted by Gasteiger charge is -2.60. The van der Waals surface area contributed by atoms with Crippen molar-refractivity contribution in [3.8, 4) is 23.3 Å². The fourth-order valence-electron chi connectivity index (χ4n) is 7.49. The molecular weight excluding hydrogens is 436 g/mol. The SMILES string of the molecule is C=CCN1CC[C@@]23c4c5ccc(O)c4C[C@@H]1[C@@H]2CC[C@H](N(C)C(=O)C#Cc1cccc(C)c1)[C@@H]3O5. The largest absolute Gasteiger partial charge is 0.508 e. The van der Waals surface area contributed by atoms with E-state index in [1.54, 1.807) is 6.07 Å². The van der Waals surface area contributed by atoms with Gasteiger partial charge in [0.25, 0.3) is 5.91 Å². The van der Waals surface area contributed by atoms with Gasteiger partial charge in [-0.25, -0.2) is 0 Å². The topological polar surface area (TPSA) is 53.0 Å². The van der Waals surface area contributed by atoms with Crippen molar-refractivity contribution in [2.75, 3.05) is 20.1 Å². The Morgan fingerprint density at radius 3 is 3.00 bits per heavy atom. The molecule has 5 atom stereocenters. The second-order valence-corrected chi connectivity index (χ2v) is 10.6. The van der Waals surface area contributed by atoms with Crippen LogP contribution in [0.1, 0.15) is 41.5 Å². The summed E-state index contributed by atoms with van der Waals surface area (Å²) in [6.07, 6.45) is 5.58. The van der Waals surface area contributed by atoms with Crippen molar-refractivity contribution in [1.29, 1.82) is 0 Å². The van der Waals surface area contributed by atoms with Crippen molar-refractivity contribution in [2.24, 2.45) is 5.92 Å². The summed E-state index contributed by atoms with van der Waals surface area (Å²) in [5.74, 6) is 7.44. The standard InChI is InChI=1S/C30H32N2O3/c1-4-15-32-16-14-30-22-9-10-23(31(3)27(34)13-8-20-7-5-6-19(2)17-20)29(30)35-26-12-11-25(33)21(28(26)30)18-24(22)32/h4-7,11-12,17,22-24,29,33H,1,9-10,14-16,18H2,2-3H3/t22-,23-,24+,29-,30-/m0/s1. The van der Waals surface area contributed by atoms with E-state index in [1.165, 1.54) is 5.56 Å². The number of hydrogen-bond acceptors (Lipinski definition) is 4. The highest BCUT2D eigenvalue weighted by atomic mass is 16.5. The van der Waals surface area contributed by atoms with E-state index < -0.39 is 0 Å². The molecule has 2 fully saturated rings. The molecule has 35 heavy (non-hydrogen) atoms. The van der Waals surface area contributed by atoms with Gasteiger partial charge in [-0.1, -0.05) is 24.1 Å². The van der Waals surface area contributed by atoms with Gasteiger partial charge in [-0.05, 0) is 74.9 Å². The van der Waals surface area contributed by atoms with Gasteiger partial charge in [-0.2, -0.15) is 0 Å². The number of ether oxygens (including phenoxy) is 1. The van der Waals surface area contributed by atoms with Crippen molar-refractivity contribution in [3.63, 3.8) is 0 Å². The first-order valence-corrected chi connectivity index (χ1v) is 12.7. The molecule has 180 valence electrons. The lowest BCUT2D eigenvalue weighted by atomic mass is 9.51. The summed E-state index contributed by atoms with van der Waals surface area (Å²) in [5.41, 5.74) is 4.04. The highest BCUT2D eigenvalue weighted by Crippen LogP contribution is 2.63. The van der Waals surface area contributed by atoms with E-state index in [-0.39, 0.29) is 23.5 Å². The number of aryl methyl sites for hydroxylation is 1. The molecule has 0 unspecified atom stereocenters. The molecule has 2 bridgehead atoms. The number of benzene rings is 2. The number of likely N-dealkylation sites (tertiary alicyclic amines) is 1. The van der Waals surface area contributed by atoms with Gasteiger partial charge >= 0.3 is 0 Å². The third-order valence-corrected chi connectivity index (χ3v) is 8.93. The summed E-state index contributed by atoms with van der Waals surface area (Å²) < 4.78 is 6.70. The zero-order valence-electron chi connectivity index (χ0n) is 20.5. The molecule has 1 spiro atoms. The Morgan fingerprint density at radius 2 is 2.20 bits per heavy atom. The Morgan fingerprint density at radius 1 is 1.34 bits per heavy atom. The maximum absolute atomic E-state index is 13.2. The van der Waals surface area contributed by atoms with Crippen molar-refractivity contribution in [1.82, 2.24) is 9.80 Å². The van der Waals surface area contributed by atoms with Crippen LogP contribution in [0.4, 0.5) is 0 Å². The van der Waals surface area contributed by atoms with Gasteiger partial charge in [-0.15, -0.1) is 6.58 Å². The Labute approximate surface area is 207 Å². The summed E-state index contributed by atoms with van der Waals surface area (Å²) in [6.45, 7) is 7.83. The first-order valence-electron chi connectivity index (χ1n) is 12.7. The molecule has 1 saturated heterocycles. The molecule has 2 aliphatic carbocycles. The Hall–Kier alpha value is -3.23. The number of piperidine rings is 1. The third kappa shape index (κ3) is 3.23. The predicted octanol–water partition coefficient (Wildman–Crippen LogP) is 3.80. The van der Waals surface area contributed by atoms with Crippen molar-refractivity contribution in [2.45, 2.75) is 56.2 Å². The monoisotopic (exact) mass is 468 g/mol. The molecular formula is C30H32N2O3. The average molecular weight is 469 g/mol. The Balaban J connectivity index is 1.36. The second kappa shape index (κ2) is 8.17. The third-order valence-electron chi connectivity index (χ3n) is 8.93. The van der Waals surface area contributed by atoms with E-state index in [4.69, 9.17) is 4.74 Å². The van der Waals surface area contributed by atoms with E-state index >= 15 is 0 Å². The Kier molecular flexibility index (Phi) is 5.19. The molecule has 4 aliphatic rings. The molecule has 2 aromatic rings. The van der Waals surface area contributed by atoms with Crippen LogP contribution in [0.5, 0.6) is 11.5 Å². The Bertz CT molecular complexity index is 1270. The molecule has 1 amide bonds. The van der Waals surface area contributed by atoms with Crippen molar-refractivity contribution >= 4 is 5.91 Å². The van der Waals surface area contributed by atoms with Gasteiger partial charge in [0.2, 0.25) is 0 Å². The van der Waals surface area contributed by atoms with E-state index in [1.807, 2.05) is 55.3 Å². The van der Waals surface area contributed by atoms with E-state index in [9.17, 15) is 9.90 Å². The number of carbonyl (C=O) groups is 1. The summed E-state index contributed by atoms with van der Waals surface area (Å²) in [5, 5.41) is 10.8. The van der Waals surface area contributed by atoms with E-state index in [0.717, 1.165) is 61.2 Å². The zero-order chi connectivity index (χ0) is 24.3. The second-order valence-electron chi connectivity index (χ2n) is 10.6. The minimum atomic E-state index is -0.176. The number of rotatable bonds is 3. The minimum Gasteiger partial charge on any atom is -0.508 e. The number of phenolic OH excluding ortho intramolecular Hbond substituents is 1. The minimum absolute atomic E-state index is 0.0577. The van der Waals surface area contributed by atoms with Crippen LogP contribution in [0.3, 0.4) is 0 Å². The molecule has 5 heteroatoms. The van der Waals surface area contributed by atoms with Crippen LogP contribution in [-0.2, 0) is 16.6 Å². The fourth-order valence-corrected chi connectivity index (χ4v) is 7.49. The summed E-state index contributed by atoms with van der Waals surface area (Å²) in [7, 11) is 1.87. The fraction of sp³-hybridized carbons (Fsp3) is 0.433. The lowest BCUT2D eigenvalue weighted by Crippen LogP contribution is -2.68. The first-order chi connectivity index (χ1) is 16.9. The van der Waals surface area contributed by atoms with Crippen molar-refractivity contribution in [3.05, 3.63) is 71.3 Å². The highest BCUT2D eigenvalue weighted by Gasteiger charge is 2.66. The molecule has 2 aromatic carbocycles. The molecule has 6 rings (SSSR count). The first kappa shape index (κ1) is 22.2. The van der Waals surface area contributed by atoms with Crippen LogP contribution in [0.25, 0.3) is 0 Å². The van der Waals surface area contributed by atoms with E-state index in [2.05, 4.69) is 23.3 Å². The number of nitrogens with zero attached hydrogens (tertiary/aromatic N) is 2. The molecule has 0 radical (unpaired) electrons. The molecule has 1 saturated carbocycles. The molecule has 2 heterocycles. The summed E-state index contributed by atoms with van der Waals surface area (Å²) in [4.78, 5) is 17.6. The van der Waals surface area contributed by atoms with Crippen LogP contribution in [0.2, 0.25) is 0 Å². The van der Waals surface area contributed by atoms with Gasteiger partial charge in [-0.3, -0.25) is 9.69 Å². The molecule has 2 aliphatic heterocycles. The molecule has 0 aromatic heterocycles. The number of aromatic hydroxyl groups is 1. The van der Waals surface area contributed by atoms with Crippen LogP contribution in [0, 0.1) is 24.7 Å². The van der Waals surface area contributed by atoms with Gasteiger partial charge in [0.05, 0.1) is 6.04 Å².